The van der Waals surface area contributed by atoms with Gasteiger partial charge in [-0.05, 0) is 36.1 Å². The molecule has 0 N–H and O–H groups in total. The molecule has 2 aromatic carbocycles. The fraction of sp³-hybridized carbons (Fsp3) is 0.316. The number of anilines is 1. The fourth-order valence-corrected chi connectivity index (χ4v) is 3.29. The molecule has 3 rings (SSSR count). The minimum absolute atomic E-state index is 0.231. The maximum absolute atomic E-state index is 12.5. The third-order valence-electron chi connectivity index (χ3n) is 4.27. The van der Waals surface area contributed by atoms with Crippen molar-refractivity contribution in [1.29, 1.82) is 0 Å². The molecule has 4 heteroatoms. The van der Waals surface area contributed by atoms with E-state index in [0.29, 0.717) is 6.42 Å². The van der Waals surface area contributed by atoms with Gasteiger partial charge in [-0.25, -0.2) is 0 Å². The van der Waals surface area contributed by atoms with Crippen molar-refractivity contribution in [2.24, 2.45) is 0 Å². The fourth-order valence-electron chi connectivity index (χ4n) is 2.88. The molecule has 1 saturated heterocycles. The molecule has 0 aliphatic carbocycles. The number of rotatable bonds is 4. The number of benzene rings is 2. The van der Waals surface area contributed by atoms with Crippen molar-refractivity contribution >= 4 is 23.4 Å². The van der Waals surface area contributed by atoms with Crippen molar-refractivity contribution in [2.75, 3.05) is 37.3 Å². The van der Waals surface area contributed by atoms with Gasteiger partial charge in [0.1, 0.15) is 0 Å². The Morgan fingerprint density at radius 1 is 0.957 bits per heavy atom. The summed E-state index contributed by atoms with van der Waals surface area (Å²) in [5.74, 6) is 0.231. The van der Waals surface area contributed by atoms with Gasteiger partial charge in [0, 0.05) is 36.8 Å². The number of thioether (sulfide) groups is 1. The normalized spacial score (nSPS) is 14.8. The highest BCUT2D eigenvalue weighted by molar-refractivity contribution is 7.98. The number of piperazine rings is 1. The molecule has 0 unspecified atom stereocenters. The van der Waals surface area contributed by atoms with Crippen LogP contribution in [0.2, 0.25) is 0 Å². The van der Waals surface area contributed by atoms with Crippen LogP contribution in [0.15, 0.2) is 59.5 Å². The van der Waals surface area contributed by atoms with Crippen LogP contribution in [0.5, 0.6) is 0 Å². The van der Waals surface area contributed by atoms with E-state index in [2.05, 4.69) is 59.7 Å². The van der Waals surface area contributed by atoms with Gasteiger partial charge in [-0.3, -0.25) is 4.79 Å². The number of carbonyl (C=O) groups is 1. The maximum Gasteiger partial charge on any atom is 0.227 e. The van der Waals surface area contributed by atoms with Crippen molar-refractivity contribution in [1.82, 2.24) is 4.90 Å². The van der Waals surface area contributed by atoms with Crippen LogP contribution >= 0.6 is 11.8 Å². The van der Waals surface area contributed by atoms with Crippen LogP contribution in [0.25, 0.3) is 0 Å². The van der Waals surface area contributed by atoms with E-state index < -0.39 is 0 Å². The summed E-state index contributed by atoms with van der Waals surface area (Å²) in [5, 5.41) is 0. The van der Waals surface area contributed by atoms with Gasteiger partial charge in [-0.1, -0.05) is 30.3 Å². The Bertz CT molecular complexity index is 634. The summed E-state index contributed by atoms with van der Waals surface area (Å²) in [6.07, 6.45) is 2.56. The van der Waals surface area contributed by atoms with Gasteiger partial charge in [-0.15, -0.1) is 11.8 Å². The predicted octanol–water partition coefficient (Wildman–Crippen LogP) is 3.30. The Morgan fingerprint density at radius 3 is 2.22 bits per heavy atom. The lowest BCUT2D eigenvalue weighted by Gasteiger charge is -2.36. The van der Waals surface area contributed by atoms with Crippen LogP contribution < -0.4 is 4.90 Å². The Balaban J connectivity index is 1.53. The molecular formula is C19H22N2OS. The van der Waals surface area contributed by atoms with Crippen molar-refractivity contribution in [3.05, 3.63) is 60.2 Å². The second kappa shape index (κ2) is 7.55. The van der Waals surface area contributed by atoms with E-state index in [-0.39, 0.29) is 5.91 Å². The average molecular weight is 326 g/mol. The summed E-state index contributed by atoms with van der Waals surface area (Å²) in [6, 6.07) is 18.7. The first-order valence-corrected chi connectivity index (χ1v) is 9.19. The first-order valence-electron chi connectivity index (χ1n) is 7.97. The zero-order chi connectivity index (χ0) is 16.1. The SMILES string of the molecule is CSc1ccc(CC(=O)N2CCN(c3ccccc3)CC2)cc1. The first kappa shape index (κ1) is 15.9. The largest absolute Gasteiger partial charge is 0.368 e. The van der Waals surface area contributed by atoms with Crippen LogP contribution in [0, 0.1) is 0 Å². The van der Waals surface area contributed by atoms with E-state index in [4.69, 9.17) is 0 Å². The van der Waals surface area contributed by atoms with Gasteiger partial charge >= 0.3 is 0 Å². The Kier molecular flexibility index (Phi) is 5.23. The van der Waals surface area contributed by atoms with Crippen molar-refractivity contribution in [2.45, 2.75) is 11.3 Å². The van der Waals surface area contributed by atoms with Crippen LogP contribution in [-0.2, 0) is 11.2 Å². The van der Waals surface area contributed by atoms with Gasteiger partial charge in [0.25, 0.3) is 0 Å². The van der Waals surface area contributed by atoms with Crippen LogP contribution in [0.3, 0.4) is 0 Å². The summed E-state index contributed by atoms with van der Waals surface area (Å²) in [4.78, 5) is 18.0. The summed E-state index contributed by atoms with van der Waals surface area (Å²) in [6.45, 7) is 3.41. The lowest BCUT2D eigenvalue weighted by Crippen LogP contribution is -2.49. The second-order valence-electron chi connectivity index (χ2n) is 5.73. The molecule has 0 atom stereocenters. The third-order valence-corrected chi connectivity index (χ3v) is 5.01. The van der Waals surface area contributed by atoms with Gasteiger partial charge in [0.05, 0.1) is 6.42 Å². The number of hydrogen-bond acceptors (Lipinski definition) is 3. The highest BCUT2D eigenvalue weighted by Crippen LogP contribution is 2.17. The van der Waals surface area contributed by atoms with E-state index in [1.807, 2.05) is 11.0 Å². The lowest BCUT2D eigenvalue weighted by atomic mass is 10.1. The van der Waals surface area contributed by atoms with E-state index >= 15 is 0 Å². The molecule has 0 saturated carbocycles. The maximum atomic E-state index is 12.5. The highest BCUT2D eigenvalue weighted by Gasteiger charge is 2.21. The topological polar surface area (TPSA) is 23.6 Å². The standard InChI is InChI=1S/C19H22N2OS/c1-23-18-9-7-16(8-10-18)15-19(22)21-13-11-20(12-14-21)17-5-3-2-4-6-17/h2-10H,11-15H2,1H3. The molecule has 1 amide bonds. The highest BCUT2D eigenvalue weighted by atomic mass is 32.2. The van der Waals surface area contributed by atoms with Crippen molar-refractivity contribution < 1.29 is 4.79 Å². The molecule has 0 aromatic heterocycles. The molecule has 0 spiro atoms. The molecule has 0 bridgehead atoms. The number of nitrogens with zero attached hydrogens (tertiary/aromatic N) is 2. The zero-order valence-electron chi connectivity index (χ0n) is 13.4. The molecule has 0 radical (unpaired) electrons. The second-order valence-corrected chi connectivity index (χ2v) is 6.61. The molecular weight excluding hydrogens is 304 g/mol. The molecule has 23 heavy (non-hydrogen) atoms. The number of para-hydroxylation sites is 1. The third kappa shape index (κ3) is 4.08. The Hall–Kier alpha value is -1.94. The molecule has 1 aliphatic rings. The smallest absolute Gasteiger partial charge is 0.227 e. The lowest BCUT2D eigenvalue weighted by molar-refractivity contribution is -0.130. The summed E-state index contributed by atoms with van der Waals surface area (Å²) in [7, 11) is 0. The minimum atomic E-state index is 0.231. The van der Waals surface area contributed by atoms with E-state index in [9.17, 15) is 4.79 Å². The van der Waals surface area contributed by atoms with Gasteiger partial charge in [0.2, 0.25) is 5.91 Å². The molecule has 2 aromatic rings. The molecule has 3 nitrogen and oxygen atoms in total. The van der Waals surface area contributed by atoms with Gasteiger partial charge in [0.15, 0.2) is 0 Å². The molecule has 1 fully saturated rings. The summed E-state index contributed by atoms with van der Waals surface area (Å²) in [5.41, 5.74) is 2.34. The van der Waals surface area contributed by atoms with E-state index in [0.717, 1.165) is 31.7 Å². The number of amides is 1. The molecule has 120 valence electrons. The number of carbonyl (C=O) groups excluding carboxylic acids is 1. The van der Waals surface area contributed by atoms with Gasteiger partial charge in [-0.2, -0.15) is 0 Å². The van der Waals surface area contributed by atoms with Crippen LogP contribution in [0.4, 0.5) is 5.69 Å². The zero-order valence-corrected chi connectivity index (χ0v) is 14.3. The predicted molar refractivity (Wildman–Crippen MR) is 97.2 cm³/mol. The minimum Gasteiger partial charge on any atom is -0.368 e. The quantitative estimate of drug-likeness (QED) is 0.806. The summed E-state index contributed by atoms with van der Waals surface area (Å²) < 4.78 is 0. The van der Waals surface area contributed by atoms with E-state index in [1.54, 1.807) is 11.8 Å². The van der Waals surface area contributed by atoms with Crippen LogP contribution in [0.1, 0.15) is 5.56 Å². The van der Waals surface area contributed by atoms with Crippen LogP contribution in [-0.4, -0.2) is 43.2 Å². The average Bonchev–Trinajstić information content (AvgIpc) is 2.63. The molecule has 1 heterocycles. The van der Waals surface area contributed by atoms with E-state index in [1.165, 1.54) is 10.6 Å². The Labute approximate surface area is 142 Å². The number of hydrogen-bond donors (Lipinski definition) is 0. The van der Waals surface area contributed by atoms with Crippen molar-refractivity contribution in [3.8, 4) is 0 Å². The summed E-state index contributed by atoms with van der Waals surface area (Å²) >= 11 is 1.72. The monoisotopic (exact) mass is 326 g/mol. The Morgan fingerprint density at radius 2 is 1.61 bits per heavy atom. The van der Waals surface area contributed by atoms with Gasteiger partial charge < -0.3 is 9.80 Å². The molecule has 1 aliphatic heterocycles. The first-order chi connectivity index (χ1) is 11.3. The van der Waals surface area contributed by atoms with Crippen molar-refractivity contribution in [3.63, 3.8) is 0 Å².